The molecule has 4 rings (SSSR count). The van der Waals surface area contributed by atoms with E-state index in [2.05, 4.69) is 15.0 Å². The van der Waals surface area contributed by atoms with Crippen LogP contribution in [0.4, 0.5) is 4.39 Å². The van der Waals surface area contributed by atoms with Gasteiger partial charge in [0.2, 0.25) is 0 Å². The van der Waals surface area contributed by atoms with Crippen LogP contribution in [0.2, 0.25) is 0 Å². The van der Waals surface area contributed by atoms with Gasteiger partial charge in [-0.1, -0.05) is 30.3 Å². The molecule has 7 nitrogen and oxygen atoms in total. The van der Waals surface area contributed by atoms with Gasteiger partial charge in [0.25, 0.3) is 0 Å². The number of halogens is 2. The van der Waals surface area contributed by atoms with Gasteiger partial charge in [-0.15, -0.1) is 12.4 Å². The molecule has 0 bridgehead atoms. The predicted molar refractivity (Wildman–Crippen MR) is 140 cm³/mol. The Kier molecular flexibility index (Phi) is 8.76. The van der Waals surface area contributed by atoms with E-state index in [1.54, 1.807) is 25.4 Å². The molecule has 190 valence electrons. The van der Waals surface area contributed by atoms with Gasteiger partial charge in [0.15, 0.2) is 5.65 Å². The molecule has 4 aromatic rings. The summed E-state index contributed by atoms with van der Waals surface area (Å²) in [7, 11) is 0. The van der Waals surface area contributed by atoms with Gasteiger partial charge in [-0.3, -0.25) is 4.79 Å². The normalized spacial score (nSPS) is 12.8. The molecule has 0 saturated heterocycles. The first-order valence-electron chi connectivity index (χ1n) is 11.8. The van der Waals surface area contributed by atoms with Gasteiger partial charge in [-0.05, 0) is 57.4 Å². The molecule has 9 heteroatoms. The van der Waals surface area contributed by atoms with Crippen molar-refractivity contribution in [3.05, 3.63) is 78.1 Å². The third-order valence-corrected chi connectivity index (χ3v) is 6.37. The molecule has 2 heterocycles. The van der Waals surface area contributed by atoms with E-state index in [-0.39, 0.29) is 37.2 Å². The lowest BCUT2D eigenvalue weighted by atomic mass is 9.75. The average molecular weight is 512 g/mol. The highest BCUT2D eigenvalue weighted by atomic mass is 35.5. The predicted octanol–water partition coefficient (Wildman–Crippen LogP) is 5.03. The topological polar surface area (TPSA) is 95.9 Å². The SMILES string of the molecule is CCOC(=O)C(CN)(CCc1ccccc1)c1cc(-c2ncnc3c2ncn3C(C)C)ccc1F.Cl. The summed E-state index contributed by atoms with van der Waals surface area (Å²) in [5.74, 6) is -1.05. The third-order valence-electron chi connectivity index (χ3n) is 6.37. The first kappa shape index (κ1) is 27.2. The molecule has 0 aliphatic heterocycles. The van der Waals surface area contributed by atoms with Crippen molar-refractivity contribution in [3.63, 3.8) is 0 Å². The average Bonchev–Trinajstić information content (AvgIpc) is 3.31. The highest BCUT2D eigenvalue weighted by Crippen LogP contribution is 2.36. The van der Waals surface area contributed by atoms with Crippen LogP contribution in [0, 0.1) is 5.82 Å². The number of nitrogens with two attached hydrogens (primary N) is 1. The van der Waals surface area contributed by atoms with Crippen molar-refractivity contribution in [2.24, 2.45) is 5.73 Å². The molecule has 2 N–H and O–H groups in total. The zero-order valence-corrected chi connectivity index (χ0v) is 21.5. The molecular weight excluding hydrogens is 481 g/mol. The number of rotatable bonds is 9. The minimum absolute atomic E-state index is 0. The molecule has 0 radical (unpaired) electrons. The fourth-order valence-corrected chi connectivity index (χ4v) is 4.39. The minimum atomic E-state index is -1.35. The quantitative estimate of drug-likeness (QED) is 0.317. The lowest BCUT2D eigenvalue weighted by Gasteiger charge is -2.31. The third kappa shape index (κ3) is 5.10. The molecule has 36 heavy (non-hydrogen) atoms. The molecule has 1 atom stereocenters. The smallest absolute Gasteiger partial charge is 0.317 e. The molecular formula is C27H31ClFN5O2. The minimum Gasteiger partial charge on any atom is -0.465 e. The standard InChI is InChI=1S/C27H30FN5O2.ClH/c1-4-35-26(34)27(15-29,13-12-19-8-6-5-7-9-19)21-14-20(10-11-22(21)28)23-24-25(31-16-30-23)33(17-32-24)18(2)3;/h5-11,14,16-18H,4,12-13,15,29H2,1-3H3;1H. The summed E-state index contributed by atoms with van der Waals surface area (Å²) in [6.45, 7) is 5.89. The highest BCUT2D eigenvalue weighted by molar-refractivity contribution is 5.89. The number of imidazole rings is 1. The summed E-state index contributed by atoms with van der Waals surface area (Å²) in [5, 5.41) is 0. The van der Waals surface area contributed by atoms with E-state index in [9.17, 15) is 4.79 Å². The van der Waals surface area contributed by atoms with E-state index in [1.165, 1.54) is 12.4 Å². The Hall–Kier alpha value is -3.36. The Balaban J connectivity index is 0.00000361. The number of hydrogen-bond donors (Lipinski definition) is 1. The van der Waals surface area contributed by atoms with Gasteiger partial charge in [0.1, 0.15) is 28.8 Å². The fourth-order valence-electron chi connectivity index (χ4n) is 4.39. The summed E-state index contributed by atoms with van der Waals surface area (Å²) < 4.78 is 22.8. The largest absolute Gasteiger partial charge is 0.465 e. The molecule has 1 unspecified atom stereocenters. The molecule has 0 amide bonds. The maximum Gasteiger partial charge on any atom is 0.317 e. The van der Waals surface area contributed by atoms with Crippen molar-refractivity contribution in [1.29, 1.82) is 0 Å². The number of aromatic nitrogens is 4. The van der Waals surface area contributed by atoms with E-state index < -0.39 is 17.2 Å². The van der Waals surface area contributed by atoms with E-state index in [0.717, 1.165) is 5.56 Å². The molecule has 0 spiro atoms. The molecule has 2 aromatic carbocycles. The van der Waals surface area contributed by atoms with E-state index in [0.29, 0.717) is 35.3 Å². The lowest BCUT2D eigenvalue weighted by Crippen LogP contribution is -2.45. The summed E-state index contributed by atoms with van der Waals surface area (Å²) in [6, 6.07) is 14.5. The zero-order valence-electron chi connectivity index (χ0n) is 20.6. The first-order valence-corrected chi connectivity index (χ1v) is 11.8. The van der Waals surface area contributed by atoms with Crippen molar-refractivity contribution in [2.45, 2.75) is 45.1 Å². The van der Waals surface area contributed by atoms with Gasteiger partial charge in [-0.2, -0.15) is 0 Å². The number of esters is 1. The summed E-state index contributed by atoms with van der Waals surface area (Å²) in [5.41, 5.74) is 8.58. The molecule has 0 saturated carbocycles. The Labute approximate surface area is 216 Å². The van der Waals surface area contributed by atoms with Crippen LogP contribution in [0.3, 0.4) is 0 Å². The second kappa shape index (κ2) is 11.6. The summed E-state index contributed by atoms with van der Waals surface area (Å²) in [4.78, 5) is 26.7. The van der Waals surface area contributed by atoms with Gasteiger partial charge < -0.3 is 15.0 Å². The maximum absolute atomic E-state index is 15.4. The number of nitrogens with zero attached hydrogens (tertiary/aromatic N) is 4. The van der Waals surface area contributed by atoms with Crippen LogP contribution < -0.4 is 5.73 Å². The van der Waals surface area contributed by atoms with Gasteiger partial charge in [0, 0.05) is 23.7 Å². The number of ether oxygens (including phenoxy) is 1. The van der Waals surface area contributed by atoms with E-state index >= 15 is 4.39 Å². The van der Waals surface area contributed by atoms with Crippen molar-refractivity contribution in [2.75, 3.05) is 13.2 Å². The molecule has 2 aromatic heterocycles. The van der Waals surface area contributed by atoms with Crippen molar-refractivity contribution in [1.82, 2.24) is 19.5 Å². The Morgan fingerprint density at radius 1 is 1.14 bits per heavy atom. The van der Waals surface area contributed by atoms with E-state index in [1.807, 2.05) is 48.7 Å². The number of benzene rings is 2. The summed E-state index contributed by atoms with van der Waals surface area (Å²) in [6.07, 6.45) is 4.03. The number of carbonyl (C=O) groups excluding carboxylic acids is 1. The Morgan fingerprint density at radius 2 is 1.89 bits per heavy atom. The van der Waals surface area contributed by atoms with Gasteiger partial charge in [0.05, 0.1) is 12.9 Å². The number of hydrogen-bond acceptors (Lipinski definition) is 6. The summed E-state index contributed by atoms with van der Waals surface area (Å²) >= 11 is 0. The van der Waals surface area contributed by atoms with Crippen LogP contribution in [0.15, 0.2) is 61.2 Å². The monoisotopic (exact) mass is 511 g/mol. The zero-order chi connectivity index (χ0) is 25.0. The highest BCUT2D eigenvalue weighted by Gasteiger charge is 2.42. The lowest BCUT2D eigenvalue weighted by molar-refractivity contribution is -0.150. The van der Waals surface area contributed by atoms with Crippen LogP contribution in [0.25, 0.3) is 22.4 Å². The molecule has 0 fully saturated rings. The Bertz CT molecular complexity index is 1330. The van der Waals surface area contributed by atoms with Crippen LogP contribution in [0.5, 0.6) is 0 Å². The second-order valence-electron chi connectivity index (χ2n) is 8.83. The van der Waals surface area contributed by atoms with Crippen LogP contribution in [-0.4, -0.2) is 38.6 Å². The van der Waals surface area contributed by atoms with Crippen molar-refractivity contribution in [3.8, 4) is 11.3 Å². The van der Waals surface area contributed by atoms with Crippen LogP contribution in [-0.2, 0) is 21.4 Å². The van der Waals surface area contributed by atoms with Crippen LogP contribution in [0.1, 0.15) is 44.4 Å². The maximum atomic E-state index is 15.4. The van der Waals surface area contributed by atoms with Gasteiger partial charge in [-0.25, -0.2) is 19.3 Å². The molecule has 0 aliphatic rings. The van der Waals surface area contributed by atoms with Gasteiger partial charge >= 0.3 is 5.97 Å². The Morgan fingerprint density at radius 3 is 2.56 bits per heavy atom. The number of aryl methyl sites for hydroxylation is 1. The molecule has 0 aliphatic carbocycles. The second-order valence-corrected chi connectivity index (χ2v) is 8.83. The first-order chi connectivity index (χ1) is 16.9. The number of carbonyl (C=O) groups is 1. The number of fused-ring (bicyclic) bond motifs is 1. The van der Waals surface area contributed by atoms with Crippen molar-refractivity contribution >= 4 is 29.5 Å². The van der Waals surface area contributed by atoms with E-state index in [4.69, 9.17) is 10.5 Å². The van der Waals surface area contributed by atoms with Crippen LogP contribution >= 0.6 is 12.4 Å². The fraction of sp³-hybridized carbons (Fsp3) is 0.333. The van der Waals surface area contributed by atoms with Crippen molar-refractivity contribution < 1.29 is 13.9 Å².